The second kappa shape index (κ2) is 6.53. The number of nitrogens with zero attached hydrogens (tertiary/aromatic N) is 4. The zero-order valence-corrected chi connectivity index (χ0v) is 14.2. The number of methoxy groups -OCH3 is 2. The largest absolute Gasteiger partial charge is 0.497 e. The Hall–Kier alpha value is -1.80. The van der Waals surface area contributed by atoms with Crippen molar-refractivity contribution in [1.29, 1.82) is 0 Å². The van der Waals surface area contributed by atoms with Crippen LogP contribution in [0.5, 0.6) is 11.5 Å². The van der Waals surface area contributed by atoms with E-state index in [1.807, 2.05) is 22.7 Å². The van der Waals surface area contributed by atoms with Crippen LogP contribution in [0, 0.1) is 0 Å². The first-order valence-corrected chi connectivity index (χ1v) is 8.74. The predicted octanol–water partition coefficient (Wildman–Crippen LogP) is 3.12. The second-order valence-electron chi connectivity index (χ2n) is 4.46. The molecule has 6 nitrogen and oxygen atoms in total. The molecule has 0 aliphatic carbocycles. The number of benzene rings is 1. The topological polar surface area (TPSA) is 61.5 Å². The number of ether oxygens (including phenoxy) is 2. The SMILES string of the molecule is CCSCc1nnc2sc(-c3cc(OC)cc(OC)c3)nn12. The fraction of sp³-hybridized carbons (Fsp3) is 0.357. The molecule has 0 aliphatic rings. The van der Waals surface area contributed by atoms with Gasteiger partial charge < -0.3 is 9.47 Å². The zero-order valence-electron chi connectivity index (χ0n) is 12.6. The molecule has 0 amide bonds. The molecule has 0 radical (unpaired) electrons. The molecular formula is C14H16N4O2S2. The number of rotatable bonds is 6. The van der Waals surface area contributed by atoms with Crippen LogP contribution in [0.4, 0.5) is 0 Å². The van der Waals surface area contributed by atoms with Gasteiger partial charge in [0.2, 0.25) is 4.96 Å². The lowest BCUT2D eigenvalue weighted by molar-refractivity contribution is 0.394. The molecular weight excluding hydrogens is 320 g/mol. The van der Waals surface area contributed by atoms with E-state index in [1.54, 1.807) is 26.0 Å². The van der Waals surface area contributed by atoms with Crippen LogP contribution >= 0.6 is 23.1 Å². The molecule has 8 heteroatoms. The predicted molar refractivity (Wildman–Crippen MR) is 89.0 cm³/mol. The molecule has 0 fully saturated rings. The fourth-order valence-corrected chi connectivity index (χ4v) is 3.40. The highest BCUT2D eigenvalue weighted by atomic mass is 32.2. The molecule has 116 valence electrons. The monoisotopic (exact) mass is 336 g/mol. The summed E-state index contributed by atoms with van der Waals surface area (Å²) < 4.78 is 12.4. The summed E-state index contributed by atoms with van der Waals surface area (Å²) >= 11 is 3.30. The van der Waals surface area contributed by atoms with E-state index in [2.05, 4.69) is 22.2 Å². The molecule has 0 atom stereocenters. The van der Waals surface area contributed by atoms with E-state index in [1.165, 1.54) is 11.3 Å². The Kier molecular flexibility index (Phi) is 4.49. The Morgan fingerprint density at radius 1 is 1.14 bits per heavy atom. The quantitative estimate of drug-likeness (QED) is 0.689. The Balaban J connectivity index is 2.01. The van der Waals surface area contributed by atoms with Gasteiger partial charge in [0.15, 0.2) is 5.82 Å². The van der Waals surface area contributed by atoms with Crippen molar-refractivity contribution >= 4 is 28.1 Å². The van der Waals surface area contributed by atoms with Gasteiger partial charge in [-0.3, -0.25) is 0 Å². The first-order chi connectivity index (χ1) is 10.7. The molecule has 0 saturated heterocycles. The Bertz CT molecular complexity index is 762. The Labute approximate surface area is 136 Å². The van der Waals surface area contributed by atoms with Gasteiger partial charge in [0.05, 0.1) is 20.0 Å². The summed E-state index contributed by atoms with van der Waals surface area (Å²) in [5.74, 6) is 4.20. The van der Waals surface area contributed by atoms with Crippen molar-refractivity contribution in [3.8, 4) is 22.1 Å². The second-order valence-corrected chi connectivity index (χ2v) is 6.69. The summed E-state index contributed by atoms with van der Waals surface area (Å²) in [7, 11) is 3.27. The van der Waals surface area contributed by atoms with Gasteiger partial charge in [-0.2, -0.15) is 21.4 Å². The maximum absolute atomic E-state index is 5.31. The minimum absolute atomic E-state index is 0.738. The lowest BCUT2D eigenvalue weighted by Gasteiger charge is -2.06. The van der Waals surface area contributed by atoms with E-state index < -0.39 is 0 Å². The molecule has 2 heterocycles. The molecule has 22 heavy (non-hydrogen) atoms. The first kappa shape index (κ1) is 15.1. The molecule has 0 saturated carbocycles. The summed E-state index contributed by atoms with van der Waals surface area (Å²) in [6.45, 7) is 2.12. The maximum atomic E-state index is 5.31. The van der Waals surface area contributed by atoms with Gasteiger partial charge in [-0.25, -0.2) is 0 Å². The summed E-state index contributed by atoms with van der Waals surface area (Å²) in [6, 6.07) is 5.72. The van der Waals surface area contributed by atoms with Gasteiger partial charge in [0, 0.05) is 11.6 Å². The molecule has 0 N–H and O–H groups in total. The van der Waals surface area contributed by atoms with Crippen LogP contribution in [0.2, 0.25) is 0 Å². The molecule has 0 unspecified atom stereocenters. The van der Waals surface area contributed by atoms with Gasteiger partial charge in [-0.1, -0.05) is 18.3 Å². The Morgan fingerprint density at radius 2 is 1.86 bits per heavy atom. The van der Waals surface area contributed by atoms with Gasteiger partial charge in [0.1, 0.15) is 16.5 Å². The van der Waals surface area contributed by atoms with Crippen LogP contribution in [0.15, 0.2) is 18.2 Å². The third-order valence-corrected chi connectivity index (χ3v) is 4.91. The van der Waals surface area contributed by atoms with E-state index >= 15 is 0 Å². The highest BCUT2D eigenvalue weighted by Crippen LogP contribution is 2.32. The van der Waals surface area contributed by atoms with Crippen molar-refractivity contribution < 1.29 is 9.47 Å². The number of fused-ring (bicyclic) bond motifs is 1. The molecule has 3 rings (SSSR count). The van der Waals surface area contributed by atoms with Crippen molar-refractivity contribution in [2.24, 2.45) is 0 Å². The first-order valence-electron chi connectivity index (χ1n) is 6.77. The van der Waals surface area contributed by atoms with Crippen LogP contribution in [0.3, 0.4) is 0 Å². The number of thioether (sulfide) groups is 1. The van der Waals surface area contributed by atoms with Crippen molar-refractivity contribution in [2.45, 2.75) is 12.7 Å². The average molecular weight is 336 g/mol. The lowest BCUT2D eigenvalue weighted by atomic mass is 10.2. The van der Waals surface area contributed by atoms with Crippen molar-refractivity contribution in [2.75, 3.05) is 20.0 Å². The van der Waals surface area contributed by atoms with E-state index in [4.69, 9.17) is 9.47 Å². The average Bonchev–Trinajstić information content (AvgIpc) is 3.13. The summed E-state index contributed by atoms with van der Waals surface area (Å²) in [5.41, 5.74) is 0.945. The van der Waals surface area contributed by atoms with Crippen molar-refractivity contribution in [3.05, 3.63) is 24.0 Å². The normalized spacial score (nSPS) is 11.0. The summed E-state index contributed by atoms with van der Waals surface area (Å²) in [6.07, 6.45) is 0. The number of hydrogen-bond acceptors (Lipinski definition) is 7. The molecule has 3 aromatic rings. The highest BCUT2D eigenvalue weighted by Gasteiger charge is 2.14. The third kappa shape index (κ3) is 2.89. The van der Waals surface area contributed by atoms with Gasteiger partial charge in [-0.05, 0) is 17.9 Å². The third-order valence-electron chi connectivity index (χ3n) is 3.09. The smallest absolute Gasteiger partial charge is 0.235 e. The van der Waals surface area contributed by atoms with Crippen LogP contribution in [-0.2, 0) is 5.75 Å². The van der Waals surface area contributed by atoms with Crippen molar-refractivity contribution in [3.63, 3.8) is 0 Å². The number of aromatic nitrogens is 4. The highest BCUT2D eigenvalue weighted by molar-refractivity contribution is 7.98. The number of hydrogen-bond donors (Lipinski definition) is 0. The zero-order chi connectivity index (χ0) is 15.5. The van der Waals surface area contributed by atoms with E-state index in [-0.39, 0.29) is 0 Å². The van der Waals surface area contributed by atoms with Crippen molar-refractivity contribution in [1.82, 2.24) is 19.8 Å². The molecule has 1 aromatic carbocycles. The van der Waals surface area contributed by atoms with Crippen LogP contribution in [0.25, 0.3) is 15.5 Å². The molecule has 0 aliphatic heterocycles. The van der Waals surface area contributed by atoms with Gasteiger partial charge in [0.25, 0.3) is 0 Å². The summed E-state index contributed by atoms with van der Waals surface area (Å²) in [4.78, 5) is 0.795. The van der Waals surface area contributed by atoms with Gasteiger partial charge in [-0.15, -0.1) is 10.2 Å². The molecule has 0 bridgehead atoms. The van der Waals surface area contributed by atoms with Crippen LogP contribution in [0.1, 0.15) is 12.7 Å². The minimum Gasteiger partial charge on any atom is -0.497 e. The molecule has 2 aromatic heterocycles. The Morgan fingerprint density at radius 3 is 2.50 bits per heavy atom. The van der Waals surface area contributed by atoms with E-state index in [9.17, 15) is 0 Å². The maximum Gasteiger partial charge on any atom is 0.235 e. The van der Waals surface area contributed by atoms with E-state index in [0.29, 0.717) is 0 Å². The standard InChI is InChI=1S/C14H16N4O2S2/c1-4-21-8-12-15-16-14-18(12)17-13(22-14)9-5-10(19-2)7-11(6-9)20-3/h5-7H,4,8H2,1-3H3. The van der Waals surface area contributed by atoms with Crippen LogP contribution in [-0.4, -0.2) is 39.8 Å². The van der Waals surface area contributed by atoms with Gasteiger partial charge >= 0.3 is 0 Å². The summed E-state index contributed by atoms with van der Waals surface area (Å²) in [5, 5.41) is 13.9. The fourth-order valence-electron chi connectivity index (χ4n) is 1.99. The van der Waals surface area contributed by atoms with E-state index in [0.717, 1.165) is 44.4 Å². The van der Waals surface area contributed by atoms with Crippen LogP contribution < -0.4 is 9.47 Å². The lowest BCUT2D eigenvalue weighted by Crippen LogP contribution is -1.94. The molecule has 0 spiro atoms. The minimum atomic E-state index is 0.738.